The fourth-order valence-corrected chi connectivity index (χ4v) is 3.25. The molecule has 0 amide bonds. The van der Waals surface area contributed by atoms with Crippen LogP contribution in [0.25, 0.3) is 10.2 Å². The molecule has 0 aliphatic rings. The molecule has 2 N–H and O–H groups in total. The van der Waals surface area contributed by atoms with E-state index in [0.717, 1.165) is 15.3 Å². The molecule has 0 atom stereocenters. The van der Waals surface area contributed by atoms with Gasteiger partial charge in [-0.15, -0.1) is 0 Å². The van der Waals surface area contributed by atoms with Crippen molar-refractivity contribution in [1.29, 1.82) is 0 Å². The van der Waals surface area contributed by atoms with Crippen molar-refractivity contribution < 1.29 is 0 Å². The van der Waals surface area contributed by atoms with Crippen LogP contribution in [0.5, 0.6) is 0 Å². The first kappa shape index (κ1) is 14.3. The van der Waals surface area contributed by atoms with E-state index in [4.69, 9.17) is 23.8 Å². The van der Waals surface area contributed by atoms with Crippen LogP contribution in [-0.4, -0.2) is 10.1 Å². The zero-order valence-electron chi connectivity index (χ0n) is 11.0. The molecule has 2 aromatic carbocycles. The lowest BCUT2D eigenvalue weighted by Crippen LogP contribution is -2.27. The van der Waals surface area contributed by atoms with Gasteiger partial charge in [-0.25, -0.2) is 4.98 Å². The van der Waals surface area contributed by atoms with Crippen molar-refractivity contribution in [3.05, 3.63) is 59.1 Å². The van der Waals surface area contributed by atoms with Crippen molar-refractivity contribution in [2.75, 3.05) is 5.32 Å². The molecule has 0 aliphatic heterocycles. The van der Waals surface area contributed by atoms with Crippen molar-refractivity contribution in [3.63, 3.8) is 0 Å². The van der Waals surface area contributed by atoms with E-state index in [9.17, 15) is 0 Å². The minimum atomic E-state index is 0.559. The van der Waals surface area contributed by atoms with Crippen LogP contribution in [-0.2, 0) is 6.54 Å². The highest BCUT2D eigenvalue weighted by Crippen LogP contribution is 2.28. The molecule has 0 aliphatic carbocycles. The van der Waals surface area contributed by atoms with Gasteiger partial charge in [0.05, 0.1) is 10.2 Å². The first-order chi connectivity index (χ1) is 10.2. The van der Waals surface area contributed by atoms with E-state index in [-0.39, 0.29) is 0 Å². The Morgan fingerprint density at radius 1 is 1.19 bits per heavy atom. The summed E-state index contributed by atoms with van der Waals surface area (Å²) in [6.45, 7) is 0.684. The minimum Gasteiger partial charge on any atom is -0.358 e. The normalized spacial score (nSPS) is 10.5. The lowest BCUT2D eigenvalue weighted by atomic mass is 10.2. The zero-order chi connectivity index (χ0) is 14.7. The largest absolute Gasteiger partial charge is 0.358 e. The Bertz CT molecular complexity index is 771. The number of nitrogens with one attached hydrogen (secondary N) is 2. The Morgan fingerprint density at radius 2 is 2.00 bits per heavy atom. The molecule has 0 saturated heterocycles. The topological polar surface area (TPSA) is 37.0 Å². The van der Waals surface area contributed by atoms with E-state index in [1.807, 2.05) is 36.4 Å². The molecule has 0 saturated carbocycles. The van der Waals surface area contributed by atoms with E-state index in [0.29, 0.717) is 16.7 Å². The van der Waals surface area contributed by atoms with Gasteiger partial charge in [0.15, 0.2) is 10.2 Å². The summed E-state index contributed by atoms with van der Waals surface area (Å²) in [6, 6.07) is 15.7. The number of thiazole rings is 1. The quantitative estimate of drug-likeness (QED) is 0.695. The van der Waals surface area contributed by atoms with Crippen LogP contribution in [0.1, 0.15) is 5.56 Å². The van der Waals surface area contributed by atoms with E-state index >= 15 is 0 Å². The fraction of sp³-hybridized carbons (Fsp3) is 0.0667. The predicted octanol–water partition coefficient (Wildman–Crippen LogP) is 4.44. The smallest absolute Gasteiger partial charge is 0.190 e. The van der Waals surface area contributed by atoms with Crippen molar-refractivity contribution in [2.45, 2.75) is 6.54 Å². The number of nitrogens with zero attached hydrogens (tertiary/aromatic N) is 1. The van der Waals surface area contributed by atoms with Gasteiger partial charge in [-0.05, 0) is 36.0 Å². The lowest BCUT2D eigenvalue weighted by Gasteiger charge is -2.07. The maximum atomic E-state index is 5.97. The number of hydrogen-bond acceptors (Lipinski definition) is 3. The Morgan fingerprint density at radius 3 is 2.81 bits per heavy atom. The molecule has 6 heteroatoms. The van der Waals surface area contributed by atoms with Crippen LogP contribution < -0.4 is 10.6 Å². The molecule has 106 valence electrons. The molecule has 3 rings (SSSR count). The number of aromatic nitrogens is 1. The average Bonchev–Trinajstić information content (AvgIpc) is 2.87. The number of fused-ring (bicyclic) bond motifs is 1. The predicted molar refractivity (Wildman–Crippen MR) is 94.1 cm³/mol. The monoisotopic (exact) mass is 333 g/mol. The van der Waals surface area contributed by atoms with E-state index in [1.165, 1.54) is 16.9 Å². The third-order valence-electron chi connectivity index (χ3n) is 2.87. The molecule has 1 aromatic heterocycles. The summed E-state index contributed by atoms with van der Waals surface area (Å²) in [5, 5.41) is 8.30. The highest BCUT2D eigenvalue weighted by atomic mass is 35.5. The van der Waals surface area contributed by atoms with Gasteiger partial charge in [0, 0.05) is 11.6 Å². The lowest BCUT2D eigenvalue weighted by molar-refractivity contribution is 0.926. The average molecular weight is 334 g/mol. The second-order valence-electron chi connectivity index (χ2n) is 4.42. The van der Waals surface area contributed by atoms with Gasteiger partial charge in [0.2, 0.25) is 0 Å². The molecule has 21 heavy (non-hydrogen) atoms. The van der Waals surface area contributed by atoms with Gasteiger partial charge in [-0.2, -0.15) is 0 Å². The van der Waals surface area contributed by atoms with Crippen molar-refractivity contribution in [1.82, 2.24) is 10.3 Å². The first-order valence-electron chi connectivity index (χ1n) is 6.35. The molecular formula is C15H12ClN3S2. The summed E-state index contributed by atoms with van der Waals surface area (Å²) in [4.78, 5) is 4.47. The highest BCUT2D eigenvalue weighted by molar-refractivity contribution is 7.80. The fourth-order valence-electron chi connectivity index (χ4n) is 1.87. The minimum absolute atomic E-state index is 0.559. The Kier molecular flexibility index (Phi) is 4.34. The summed E-state index contributed by atoms with van der Waals surface area (Å²) >= 11 is 12.8. The number of rotatable bonds is 3. The number of halogens is 1. The van der Waals surface area contributed by atoms with Gasteiger partial charge >= 0.3 is 0 Å². The molecule has 0 radical (unpaired) electrons. The van der Waals surface area contributed by atoms with Gasteiger partial charge < -0.3 is 10.6 Å². The summed E-state index contributed by atoms with van der Waals surface area (Å²) in [5.74, 6) is 0. The van der Waals surface area contributed by atoms with E-state index < -0.39 is 0 Å². The number of benzene rings is 2. The van der Waals surface area contributed by atoms with Crippen LogP contribution in [0.3, 0.4) is 0 Å². The van der Waals surface area contributed by atoms with Crippen molar-refractivity contribution in [2.24, 2.45) is 0 Å². The molecular weight excluding hydrogens is 322 g/mol. The first-order valence-corrected chi connectivity index (χ1v) is 7.96. The summed E-state index contributed by atoms with van der Waals surface area (Å²) in [6.07, 6.45) is 0. The zero-order valence-corrected chi connectivity index (χ0v) is 13.4. The van der Waals surface area contributed by atoms with Crippen molar-refractivity contribution in [3.8, 4) is 0 Å². The number of thiocarbonyl (C=S) groups is 1. The van der Waals surface area contributed by atoms with E-state index in [2.05, 4.69) is 27.8 Å². The molecule has 0 spiro atoms. The molecule has 0 fully saturated rings. The van der Waals surface area contributed by atoms with Gasteiger partial charge in [0.25, 0.3) is 0 Å². The summed E-state index contributed by atoms with van der Waals surface area (Å²) in [5.41, 5.74) is 2.09. The number of hydrogen-bond donors (Lipinski definition) is 2. The highest BCUT2D eigenvalue weighted by Gasteiger charge is 2.05. The Labute approximate surface area is 137 Å². The van der Waals surface area contributed by atoms with Crippen LogP contribution in [0, 0.1) is 0 Å². The van der Waals surface area contributed by atoms with Crippen LogP contribution in [0.4, 0.5) is 5.13 Å². The van der Waals surface area contributed by atoms with Crippen molar-refractivity contribution >= 4 is 55.6 Å². The van der Waals surface area contributed by atoms with Gasteiger partial charge in [0.1, 0.15) is 0 Å². The maximum Gasteiger partial charge on any atom is 0.190 e. The molecule has 3 aromatic rings. The molecule has 0 unspecified atom stereocenters. The molecule has 0 bridgehead atoms. The standard InChI is InChI=1S/C15H12ClN3S2/c16-11-6-7-12-13(8-11)21-15(18-12)19-14(20)17-9-10-4-2-1-3-5-10/h1-8H,9H2,(H2,17,18,19,20). The SMILES string of the molecule is S=C(NCc1ccccc1)Nc1nc2ccc(Cl)cc2s1. The van der Waals surface area contributed by atoms with Gasteiger partial charge in [-0.3, -0.25) is 0 Å². The third kappa shape index (κ3) is 3.69. The van der Waals surface area contributed by atoms with E-state index in [1.54, 1.807) is 0 Å². The molecule has 3 nitrogen and oxygen atoms in total. The second kappa shape index (κ2) is 6.39. The Hall–Kier alpha value is -1.69. The third-order valence-corrected chi connectivity index (χ3v) is 4.28. The second-order valence-corrected chi connectivity index (χ2v) is 6.30. The number of anilines is 1. The van der Waals surface area contributed by atoms with Crippen LogP contribution >= 0.6 is 35.2 Å². The summed E-state index contributed by atoms with van der Waals surface area (Å²) in [7, 11) is 0. The summed E-state index contributed by atoms with van der Waals surface area (Å²) < 4.78 is 1.04. The maximum absolute atomic E-state index is 5.97. The molecule has 1 heterocycles. The van der Waals surface area contributed by atoms with Gasteiger partial charge in [-0.1, -0.05) is 53.3 Å². The Balaban J connectivity index is 1.63. The van der Waals surface area contributed by atoms with Crippen LogP contribution in [0.15, 0.2) is 48.5 Å². The van der Waals surface area contributed by atoms with Crippen LogP contribution in [0.2, 0.25) is 5.02 Å².